The third-order valence-electron chi connectivity index (χ3n) is 6.52. The average molecular weight is 589 g/mol. The molecule has 0 saturated heterocycles. The number of rotatable bonds is 15. The quantitative estimate of drug-likeness (QED) is 0.211. The Kier molecular flexibility index (Phi) is 10.5. The summed E-state index contributed by atoms with van der Waals surface area (Å²) in [4.78, 5) is 0. The molecule has 0 fully saturated rings. The summed E-state index contributed by atoms with van der Waals surface area (Å²) >= 11 is 0. The van der Waals surface area contributed by atoms with Crippen LogP contribution in [-0.2, 0) is 25.0 Å². The molecule has 1 heterocycles. The van der Waals surface area contributed by atoms with Crippen molar-refractivity contribution < 1.29 is 47.1 Å². The Morgan fingerprint density at radius 1 is 0.854 bits per heavy atom. The molecule has 1 aliphatic rings. The Balaban J connectivity index is 1.86. The molecule has 0 radical (unpaired) electrons. The Morgan fingerprint density at radius 2 is 1.44 bits per heavy atom. The maximum atomic E-state index is 13.4. The van der Waals surface area contributed by atoms with Crippen molar-refractivity contribution in [2.45, 2.75) is 32.7 Å². The van der Waals surface area contributed by atoms with Gasteiger partial charge in [0.25, 0.3) is 0 Å². The summed E-state index contributed by atoms with van der Waals surface area (Å²) in [7, 11) is 1.01. The summed E-state index contributed by atoms with van der Waals surface area (Å²) in [5.74, 6) is 2.26. The fourth-order valence-corrected chi connectivity index (χ4v) is 6.40. The number of ether oxygens (including phenoxy) is 6. The smallest absolute Gasteiger partial charge is 0.333 e. The lowest BCUT2D eigenvalue weighted by Crippen LogP contribution is -2.15. The van der Waals surface area contributed by atoms with Gasteiger partial charge in [0.15, 0.2) is 23.0 Å². The van der Waals surface area contributed by atoms with Crippen LogP contribution in [0.5, 0.6) is 28.7 Å². The first-order valence-electron chi connectivity index (χ1n) is 13.3. The summed E-state index contributed by atoms with van der Waals surface area (Å²) in [6.07, 6.45) is -2.25. The van der Waals surface area contributed by atoms with Crippen LogP contribution in [-0.4, -0.2) is 52.6 Å². The van der Waals surface area contributed by atoms with Gasteiger partial charge in [-0.25, -0.2) is 0 Å². The molecule has 3 aromatic carbocycles. The van der Waals surface area contributed by atoms with Crippen molar-refractivity contribution in [3.8, 4) is 28.7 Å². The number of methoxy groups -OCH3 is 3. The average Bonchev–Trinajstić information content (AvgIpc) is 3.44. The molecule has 0 bridgehead atoms. The summed E-state index contributed by atoms with van der Waals surface area (Å²) in [5, 5.41) is 11.5. The molecular weight excluding hydrogens is 551 g/mol. The molecule has 222 valence electrons. The van der Waals surface area contributed by atoms with Crippen molar-refractivity contribution in [2.75, 3.05) is 47.5 Å². The minimum Gasteiger partial charge on any atom is -0.493 e. The van der Waals surface area contributed by atoms with E-state index in [4.69, 9.17) is 37.5 Å². The SMILES string of the molecule is CCOP(=O)(CC(O)c1cc2c(cc1C(OCc1ccccc1)c1cc(OC)c(OC)c(OC)c1)OCO2)OCC. The summed E-state index contributed by atoms with van der Waals surface area (Å²) in [6.45, 7) is 4.08. The zero-order chi connectivity index (χ0) is 29.4. The van der Waals surface area contributed by atoms with Crippen molar-refractivity contribution in [3.63, 3.8) is 0 Å². The lowest BCUT2D eigenvalue weighted by molar-refractivity contribution is 0.0635. The fraction of sp³-hybridized carbons (Fsp3) is 0.400. The lowest BCUT2D eigenvalue weighted by Gasteiger charge is -2.27. The maximum absolute atomic E-state index is 13.4. The molecule has 1 aliphatic heterocycles. The monoisotopic (exact) mass is 588 g/mol. The van der Waals surface area contributed by atoms with E-state index in [2.05, 4.69) is 0 Å². The third-order valence-corrected chi connectivity index (χ3v) is 8.61. The van der Waals surface area contributed by atoms with Crippen LogP contribution in [0.1, 0.15) is 48.3 Å². The van der Waals surface area contributed by atoms with Gasteiger partial charge in [-0.15, -0.1) is 0 Å². The van der Waals surface area contributed by atoms with E-state index in [-0.39, 0.29) is 32.8 Å². The maximum Gasteiger partial charge on any atom is 0.333 e. The topological polar surface area (TPSA) is 111 Å². The van der Waals surface area contributed by atoms with Crippen molar-refractivity contribution in [1.29, 1.82) is 0 Å². The molecule has 0 spiro atoms. The first kappa shape index (κ1) is 30.7. The van der Waals surface area contributed by atoms with E-state index in [1.54, 1.807) is 38.1 Å². The van der Waals surface area contributed by atoms with Gasteiger partial charge in [-0.2, -0.15) is 0 Å². The Hall–Kier alpha value is -3.27. The first-order valence-corrected chi connectivity index (χ1v) is 15.0. The first-order chi connectivity index (χ1) is 19.9. The molecule has 1 N–H and O–H groups in total. The second-order valence-corrected chi connectivity index (χ2v) is 11.2. The highest BCUT2D eigenvalue weighted by Gasteiger charge is 2.34. The van der Waals surface area contributed by atoms with Gasteiger partial charge in [0, 0.05) is 0 Å². The van der Waals surface area contributed by atoms with Crippen molar-refractivity contribution >= 4 is 7.60 Å². The molecule has 0 aliphatic carbocycles. The third kappa shape index (κ3) is 7.15. The number of fused-ring (bicyclic) bond motifs is 1. The molecule has 11 heteroatoms. The zero-order valence-corrected chi connectivity index (χ0v) is 24.8. The molecule has 2 atom stereocenters. The van der Waals surface area contributed by atoms with Gasteiger partial charge in [-0.1, -0.05) is 30.3 Å². The van der Waals surface area contributed by atoms with Crippen LogP contribution in [0.2, 0.25) is 0 Å². The van der Waals surface area contributed by atoms with Crippen LogP contribution in [0.3, 0.4) is 0 Å². The van der Waals surface area contributed by atoms with Crippen molar-refractivity contribution in [1.82, 2.24) is 0 Å². The minimum atomic E-state index is -3.60. The number of benzene rings is 3. The Labute approximate surface area is 240 Å². The number of aliphatic hydroxyl groups excluding tert-OH is 1. The van der Waals surface area contributed by atoms with Crippen molar-refractivity contribution in [2.24, 2.45) is 0 Å². The molecule has 3 aromatic rings. The van der Waals surface area contributed by atoms with Gasteiger partial charge in [-0.3, -0.25) is 4.57 Å². The van der Waals surface area contributed by atoms with Gasteiger partial charge in [0.05, 0.1) is 53.4 Å². The number of aliphatic hydroxyl groups is 1. The predicted octanol–water partition coefficient (Wildman–Crippen LogP) is 6.05. The largest absolute Gasteiger partial charge is 0.493 e. The van der Waals surface area contributed by atoms with E-state index in [0.29, 0.717) is 45.4 Å². The number of hydrogen-bond donors (Lipinski definition) is 1. The summed E-state index contributed by atoms with van der Waals surface area (Å²) in [5.41, 5.74) is 2.62. The molecule has 0 aromatic heterocycles. The van der Waals surface area contributed by atoms with E-state index < -0.39 is 19.8 Å². The van der Waals surface area contributed by atoms with Crippen molar-refractivity contribution in [3.05, 3.63) is 76.9 Å². The van der Waals surface area contributed by atoms with Gasteiger partial charge in [0.1, 0.15) is 6.10 Å². The van der Waals surface area contributed by atoms with Crippen LogP contribution >= 0.6 is 7.60 Å². The Morgan fingerprint density at radius 3 is 1.98 bits per heavy atom. The summed E-state index contributed by atoms with van der Waals surface area (Å²) in [6, 6.07) is 16.8. The summed E-state index contributed by atoms with van der Waals surface area (Å²) < 4.78 is 59.0. The highest BCUT2D eigenvalue weighted by molar-refractivity contribution is 7.53. The van der Waals surface area contributed by atoms with E-state index >= 15 is 0 Å². The van der Waals surface area contributed by atoms with Crippen LogP contribution in [0.25, 0.3) is 0 Å². The van der Waals surface area contributed by atoms with Crippen LogP contribution < -0.4 is 23.7 Å². The van der Waals surface area contributed by atoms with Crippen LogP contribution in [0.15, 0.2) is 54.6 Å². The normalized spacial score (nSPS) is 14.0. The lowest BCUT2D eigenvalue weighted by atomic mass is 9.93. The fourth-order valence-electron chi connectivity index (χ4n) is 4.71. The van der Waals surface area contributed by atoms with E-state index in [0.717, 1.165) is 5.56 Å². The number of hydrogen-bond acceptors (Lipinski definition) is 10. The van der Waals surface area contributed by atoms with Gasteiger partial charge in [-0.05, 0) is 60.4 Å². The van der Waals surface area contributed by atoms with E-state index in [9.17, 15) is 9.67 Å². The van der Waals surface area contributed by atoms with Gasteiger partial charge in [0.2, 0.25) is 12.5 Å². The van der Waals surface area contributed by atoms with E-state index in [1.165, 1.54) is 21.3 Å². The van der Waals surface area contributed by atoms with E-state index in [1.807, 2.05) is 30.3 Å². The van der Waals surface area contributed by atoms with Crippen LogP contribution in [0, 0.1) is 0 Å². The molecule has 41 heavy (non-hydrogen) atoms. The van der Waals surface area contributed by atoms with Gasteiger partial charge < -0.3 is 42.6 Å². The highest BCUT2D eigenvalue weighted by atomic mass is 31.2. The van der Waals surface area contributed by atoms with Gasteiger partial charge >= 0.3 is 7.60 Å². The molecule has 0 amide bonds. The standard InChI is InChI=1S/C30H37O10P/c1-6-39-41(32,40-7-2)18-24(31)22-15-25-26(38-19-37-25)16-23(22)29(36-17-20-11-9-8-10-12-20)21-13-27(33-3)30(35-5)28(14-21)34-4/h8-16,24,29,31H,6-7,17-19H2,1-5H3. The minimum absolute atomic E-state index is 0.0322. The second-order valence-electron chi connectivity index (χ2n) is 9.11. The molecule has 10 nitrogen and oxygen atoms in total. The Bertz CT molecular complexity index is 1310. The second kappa shape index (κ2) is 14.1. The zero-order valence-electron chi connectivity index (χ0n) is 24.0. The molecule has 0 saturated carbocycles. The predicted molar refractivity (Wildman–Crippen MR) is 152 cm³/mol. The molecule has 2 unspecified atom stereocenters. The molecular formula is C30H37O10P. The van der Waals surface area contributed by atoms with Crippen LogP contribution in [0.4, 0.5) is 0 Å². The molecule has 4 rings (SSSR count). The highest BCUT2D eigenvalue weighted by Crippen LogP contribution is 2.53.